The number of ether oxygens (including phenoxy) is 1. The molecule has 0 unspecified atom stereocenters. The number of methoxy groups -OCH3 is 1. The minimum atomic E-state index is -0.456. The first-order valence-corrected chi connectivity index (χ1v) is 5.89. The van der Waals surface area contributed by atoms with E-state index >= 15 is 0 Å². The second-order valence-corrected chi connectivity index (χ2v) is 5.17. The zero-order valence-electron chi connectivity index (χ0n) is 9.01. The Morgan fingerprint density at radius 1 is 1.47 bits per heavy atom. The highest BCUT2D eigenvalue weighted by molar-refractivity contribution is 9.10. The summed E-state index contributed by atoms with van der Waals surface area (Å²) < 4.78 is 6.33. The molecule has 2 rings (SSSR count). The summed E-state index contributed by atoms with van der Waals surface area (Å²) in [5, 5.41) is 9.88. The van der Waals surface area contributed by atoms with Crippen molar-refractivity contribution in [2.75, 3.05) is 7.11 Å². The van der Waals surface area contributed by atoms with Crippen molar-refractivity contribution in [3.8, 4) is 5.75 Å². The van der Waals surface area contributed by atoms with Crippen LogP contribution in [0.5, 0.6) is 5.75 Å². The smallest absolute Gasteiger partial charge is 0.122 e. The first-order valence-electron chi connectivity index (χ1n) is 5.09. The standard InChI is InChI=1S/C12H15BrO2/c1-8-5-10(13)9(6-11(8)15-2)7-12(14)3-4-12/h5-6,14H,3-4,7H2,1-2H3. The van der Waals surface area contributed by atoms with Gasteiger partial charge in [-0.25, -0.2) is 0 Å². The van der Waals surface area contributed by atoms with Gasteiger partial charge in [-0.15, -0.1) is 0 Å². The zero-order valence-corrected chi connectivity index (χ0v) is 10.6. The first-order chi connectivity index (χ1) is 7.04. The van der Waals surface area contributed by atoms with E-state index in [1.54, 1.807) is 7.11 Å². The van der Waals surface area contributed by atoms with Crippen LogP contribution in [0, 0.1) is 6.92 Å². The lowest BCUT2D eigenvalue weighted by Crippen LogP contribution is -2.11. The first kappa shape index (κ1) is 11.0. The Morgan fingerprint density at radius 3 is 2.67 bits per heavy atom. The number of hydrogen-bond acceptors (Lipinski definition) is 2. The minimum Gasteiger partial charge on any atom is -0.496 e. The molecule has 0 spiro atoms. The lowest BCUT2D eigenvalue weighted by molar-refractivity contribution is 0.150. The van der Waals surface area contributed by atoms with Crippen LogP contribution in [0.1, 0.15) is 24.0 Å². The fourth-order valence-electron chi connectivity index (χ4n) is 1.73. The third-order valence-corrected chi connectivity index (χ3v) is 3.65. The van der Waals surface area contributed by atoms with Crippen molar-refractivity contribution in [2.24, 2.45) is 0 Å². The van der Waals surface area contributed by atoms with Crippen molar-refractivity contribution in [3.63, 3.8) is 0 Å². The van der Waals surface area contributed by atoms with E-state index in [9.17, 15) is 5.11 Å². The average molecular weight is 271 g/mol. The number of hydrogen-bond donors (Lipinski definition) is 1. The molecule has 15 heavy (non-hydrogen) atoms. The monoisotopic (exact) mass is 270 g/mol. The SMILES string of the molecule is COc1cc(CC2(O)CC2)c(Br)cc1C. The number of benzene rings is 1. The van der Waals surface area contributed by atoms with Gasteiger partial charge in [-0.2, -0.15) is 0 Å². The molecule has 0 bridgehead atoms. The number of rotatable bonds is 3. The predicted molar refractivity (Wildman–Crippen MR) is 63.3 cm³/mol. The molecular weight excluding hydrogens is 256 g/mol. The molecule has 1 aliphatic rings. The molecule has 0 amide bonds. The zero-order chi connectivity index (χ0) is 11.1. The van der Waals surface area contributed by atoms with Crippen molar-refractivity contribution < 1.29 is 9.84 Å². The van der Waals surface area contributed by atoms with Crippen molar-refractivity contribution in [2.45, 2.75) is 31.8 Å². The molecule has 82 valence electrons. The van der Waals surface area contributed by atoms with Gasteiger partial charge in [0.15, 0.2) is 0 Å². The Balaban J connectivity index is 2.29. The maximum Gasteiger partial charge on any atom is 0.122 e. The molecule has 1 fully saturated rings. The molecule has 1 aromatic rings. The van der Waals surface area contributed by atoms with Gasteiger partial charge in [-0.1, -0.05) is 15.9 Å². The molecular formula is C12H15BrO2. The van der Waals surface area contributed by atoms with E-state index in [-0.39, 0.29) is 0 Å². The summed E-state index contributed by atoms with van der Waals surface area (Å²) in [5.74, 6) is 0.887. The molecule has 0 aliphatic heterocycles. The van der Waals surface area contributed by atoms with E-state index in [4.69, 9.17) is 4.74 Å². The average Bonchev–Trinajstić information content (AvgIpc) is 2.89. The largest absolute Gasteiger partial charge is 0.496 e. The van der Waals surface area contributed by atoms with Crippen LogP contribution in [0.25, 0.3) is 0 Å². The summed E-state index contributed by atoms with van der Waals surface area (Å²) in [6.45, 7) is 2.01. The number of aliphatic hydroxyl groups is 1. The van der Waals surface area contributed by atoms with Crippen molar-refractivity contribution >= 4 is 15.9 Å². The summed E-state index contributed by atoms with van der Waals surface area (Å²) in [6, 6.07) is 4.05. The van der Waals surface area contributed by atoms with Gasteiger partial charge in [-0.3, -0.25) is 0 Å². The Labute approximate surface area is 98.4 Å². The summed E-state index contributed by atoms with van der Waals surface area (Å²) >= 11 is 3.52. The van der Waals surface area contributed by atoms with Crippen LogP contribution in [0.4, 0.5) is 0 Å². The third-order valence-electron chi connectivity index (χ3n) is 2.91. The Morgan fingerprint density at radius 2 is 2.13 bits per heavy atom. The second-order valence-electron chi connectivity index (χ2n) is 4.31. The summed E-state index contributed by atoms with van der Waals surface area (Å²) in [6.07, 6.45) is 2.54. The molecule has 0 radical (unpaired) electrons. The fourth-order valence-corrected chi connectivity index (χ4v) is 2.32. The van der Waals surface area contributed by atoms with Gasteiger partial charge >= 0.3 is 0 Å². The van der Waals surface area contributed by atoms with Gasteiger partial charge in [0.2, 0.25) is 0 Å². The summed E-state index contributed by atoms with van der Waals surface area (Å²) in [5.41, 5.74) is 1.77. The van der Waals surface area contributed by atoms with Gasteiger partial charge in [0, 0.05) is 10.9 Å². The van der Waals surface area contributed by atoms with Crippen molar-refractivity contribution in [1.29, 1.82) is 0 Å². The Bertz CT molecular complexity index is 383. The minimum absolute atomic E-state index is 0.456. The van der Waals surface area contributed by atoms with Crippen LogP contribution >= 0.6 is 15.9 Å². The summed E-state index contributed by atoms with van der Waals surface area (Å²) in [4.78, 5) is 0. The van der Waals surface area contributed by atoms with Crippen LogP contribution in [0.15, 0.2) is 16.6 Å². The van der Waals surface area contributed by atoms with Crippen LogP contribution < -0.4 is 4.74 Å². The maximum absolute atomic E-state index is 9.88. The highest BCUT2D eigenvalue weighted by atomic mass is 79.9. The van der Waals surface area contributed by atoms with Gasteiger partial charge < -0.3 is 9.84 Å². The van der Waals surface area contributed by atoms with Gasteiger partial charge in [0.25, 0.3) is 0 Å². The molecule has 0 aromatic heterocycles. The van der Waals surface area contributed by atoms with E-state index in [2.05, 4.69) is 15.9 Å². The Kier molecular flexibility index (Phi) is 2.77. The highest BCUT2D eigenvalue weighted by Crippen LogP contribution is 2.40. The molecule has 1 aliphatic carbocycles. The molecule has 0 heterocycles. The molecule has 1 aromatic carbocycles. The van der Waals surface area contributed by atoms with Gasteiger partial charge in [0.1, 0.15) is 5.75 Å². The van der Waals surface area contributed by atoms with Crippen molar-refractivity contribution in [1.82, 2.24) is 0 Å². The van der Waals surface area contributed by atoms with Crippen LogP contribution in [-0.4, -0.2) is 17.8 Å². The van der Waals surface area contributed by atoms with Crippen LogP contribution in [-0.2, 0) is 6.42 Å². The van der Waals surface area contributed by atoms with Crippen molar-refractivity contribution in [3.05, 3.63) is 27.7 Å². The summed E-state index contributed by atoms with van der Waals surface area (Å²) in [7, 11) is 1.67. The van der Waals surface area contributed by atoms with Gasteiger partial charge in [0.05, 0.1) is 12.7 Å². The molecule has 0 atom stereocenters. The molecule has 1 saturated carbocycles. The Hall–Kier alpha value is -0.540. The molecule has 3 heteroatoms. The van der Waals surface area contributed by atoms with E-state index in [1.165, 1.54) is 0 Å². The lowest BCUT2D eigenvalue weighted by atomic mass is 10.0. The van der Waals surface area contributed by atoms with E-state index in [1.807, 2.05) is 19.1 Å². The van der Waals surface area contributed by atoms with Gasteiger partial charge in [-0.05, 0) is 43.0 Å². The predicted octanol–water partition coefficient (Wildman–Crippen LogP) is 2.83. The molecule has 0 saturated heterocycles. The molecule has 1 N–H and O–H groups in total. The lowest BCUT2D eigenvalue weighted by Gasteiger charge is -2.13. The second kappa shape index (κ2) is 3.80. The van der Waals surface area contributed by atoms with Crippen LogP contribution in [0.3, 0.4) is 0 Å². The van der Waals surface area contributed by atoms with E-state index in [0.717, 1.165) is 34.2 Å². The third kappa shape index (κ3) is 2.34. The quantitative estimate of drug-likeness (QED) is 0.916. The topological polar surface area (TPSA) is 29.5 Å². The molecule has 2 nitrogen and oxygen atoms in total. The fraction of sp³-hybridized carbons (Fsp3) is 0.500. The maximum atomic E-state index is 9.88. The van der Waals surface area contributed by atoms with Crippen LogP contribution in [0.2, 0.25) is 0 Å². The van der Waals surface area contributed by atoms with E-state index < -0.39 is 5.60 Å². The van der Waals surface area contributed by atoms with E-state index in [0.29, 0.717) is 6.42 Å². The highest BCUT2D eigenvalue weighted by Gasteiger charge is 2.40. The number of aryl methyl sites for hydroxylation is 1. The number of halogens is 1. The normalized spacial score (nSPS) is 17.6.